The predicted molar refractivity (Wildman–Crippen MR) is 235 cm³/mol. The Labute approximate surface area is 385 Å². The smallest absolute Gasteiger partial charge is 0.404 e. The van der Waals surface area contributed by atoms with Crippen molar-refractivity contribution in [2.75, 3.05) is 48.3 Å². The van der Waals surface area contributed by atoms with E-state index < -0.39 is 30.3 Å². The number of halogens is 7. The van der Waals surface area contributed by atoms with Crippen molar-refractivity contribution < 1.29 is 45.4 Å². The summed E-state index contributed by atoms with van der Waals surface area (Å²) in [5, 5.41) is 14.1. The van der Waals surface area contributed by atoms with Crippen molar-refractivity contribution in [2.45, 2.75) is 45.3 Å². The number of ether oxygens (including phenoxy) is 2. The van der Waals surface area contributed by atoms with Crippen LogP contribution in [0.15, 0.2) is 53.3 Å². The van der Waals surface area contributed by atoms with E-state index in [1.54, 1.807) is 43.3 Å². The zero-order valence-electron chi connectivity index (χ0n) is 35.9. The van der Waals surface area contributed by atoms with Crippen LogP contribution in [0.5, 0.6) is 11.5 Å². The van der Waals surface area contributed by atoms with Gasteiger partial charge in [-0.3, -0.25) is 19.0 Å². The number of anilines is 5. The highest BCUT2D eigenvalue weighted by Crippen LogP contribution is 2.39. The van der Waals surface area contributed by atoms with Crippen LogP contribution in [0, 0.1) is 0 Å². The molecule has 4 aromatic heterocycles. The standard InChI is InChI=1S/C24H27F3N8O2.C18H14BrF3N6O2/c1-3-34-8-10-35(11-9-34)15-5-7-18(37-24(25,26)27)17(12-15)30-23-29-13-14-4-6-16-20(22(28)36)32-33(2)21(16)19(14)31-23;1-28-15-10(14(27-28)16(23)29)4-2-8-7-24-17(26-13(8)15)25-11-6-9(19)3-5-12(11)30-18(20,21)22/h5,7,12-13H,3-4,6,8-11H2,1-2H3,(H2,28,36)(H,29,30,31);3,5-7H,2,4H2,1H3,(H2,23,29)(H,24,25,26). The van der Waals surface area contributed by atoms with Gasteiger partial charge in [-0.2, -0.15) is 10.2 Å². The quantitative estimate of drug-likeness (QED) is 0.110. The average molecular weight is 1000 g/mol. The van der Waals surface area contributed by atoms with Crippen molar-refractivity contribution in [2.24, 2.45) is 25.6 Å². The molecule has 0 atom stereocenters. The van der Waals surface area contributed by atoms with Crippen molar-refractivity contribution in [3.63, 3.8) is 0 Å². The highest BCUT2D eigenvalue weighted by Gasteiger charge is 2.35. The average Bonchev–Trinajstić information content (AvgIpc) is 3.81. The fraction of sp³-hybridized carbons (Fsp3) is 0.333. The lowest BCUT2D eigenvalue weighted by Crippen LogP contribution is -2.46. The second-order valence-corrected chi connectivity index (χ2v) is 16.5. The van der Waals surface area contributed by atoms with E-state index in [9.17, 15) is 35.9 Å². The maximum Gasteiger partial charge on any atom is 0.573 e. The van der Waals surface area contributed by atoms with Crippen molar-refractivity contribution in [1.82, 2.24) is 44.4 Å². The summed E-state index contributed by atoms with van der Waals surface area (Å²) in [7, 11) is 3.35. The summed E-state index contributed by atoms with van der Waals surface area (Å²) in [4.78, 5) is 45.6. The van der Waals surface area contributed by atoms with E-state index >= 15 is 0 Å². The molecule has 18 nitrogen and oxygen atoms in total. The van der Waals surface area contributed by atoms with Gasteiger partial charge in [-0.25, -0.2) is 19.9 Å². The van der Waals surface area contributed by atoms with Crippen molar-refractivity contribution >= 4 is 56.7 Å². The van der Waals surface area contributed by atoms with E-state index in [0.717, 1.165) is 49.5 Å². The van der Waals surface area contributed by atoms with Crippen molar-refractivity contribution in [3.05, 3.63) is 86.9 Å². The number of amides is 2. The third-order valence-corrected chi connectivity index (χ3v) is 11.8. The molecule has 6 aromatic rings. The number of hydrogen-bond donors (Lipinski definition) is 4. The lowest BCUT2D eigenvalue weighted by molar-refractivity contribution is -0.275. The summed E-state index contributed by atoms with van der Waals surface area (Å²) in [6.07, 6.45) is -4.23. The van der Waals surface area contributed by atoms with Crippen LogP contribution in [0.3, 0.4) is 0 Å². The minimum absolute atomic E-state index is 0.0283. The lowest BCUT2D eigenvalue weighted by atomic mass is 9.93. The van der Waals surface area contributed by atoms with E-state index in [1.165, 1.54) is 28.9 Å². The highest BCUT2D eigenvalue weighted by atomic mass is 79.9. The van der Waals surface area contributed by atoms with Gasteiger partial charge in [0.2, 0.25) is 11.9 Å². The zero-order chi connectivity index (χ0) is 47.9. The molecule has 5 heterocycles. The molecule has 9 rings (SSSR count). The molecule has 67 heavy (non-hydrogen) atoms. The highest BCUT2D eigenvalue weighted by molar-refractivity contribution is 9.10. The number of primary amides is 2. The monoisotopic (exact) mass is 998 g/mol. The topological polar surface area (TPSA) is 222 Å². The van der Waals surface area contributed by atoms with Gasteiger partial charge < -0.3 is 41.4 Å². The van der Waals surface area contributed by atoms with Crippen molar-refractivity contribution in [1.29, 1.82) is 0 Å². The summed E-state index contributed by atoms with van der Waals surface area (Å²) in [5.41, 5.74) is 17.5. The number of nitrogens with zero attached hydrogens (tertiary/aromatic N) is 10. The fourth-order valence-corrected chi connectivity index (χ4v) is 8.59. The summed E-state index contributed by atoms with van der Waals surface area (Å²) in [6.45, 7) is 6.31. The van der Waals surface area contributed by atoms with Gasteiger partial charge in [-0.1, -0.05) is 22.9 Å². The normalized spacial score (nSPS) is 14.4. The van der Waals surface area contributed by atoms with Crippen LogP contribution in [0.2, 0.25) is 0 Å². The Morgan fingerprint density at radius 2 is 1.16 bits per heavy atom. The number of hydrogen-bond acceptors (Lipinski definition) is 14. The Bertz CT molecular complexity index is 2880. The van der Waals surface area contributed by atoms with Gasteiger partial charge in [0.15, 0.2) is 22.9 Å². The van der Waals surface area contributed by atoms with Crippen LogP contribution in [0.1, 0.15) is 50.2 Å². The molecule has 25 heteroatoms. The molecule has 0 saturated carbocycles. The molecule has 1 fully saturated rings. The second-order valence-electron chi connectivity index (χ2n) is 15.6. The fourth-order valence-electron chi connectivity index (χ4n) is 8.23. The Morgan fingerprint density at radius 3 is 1.61 bits per heavy atom. The number of likely N-dealkylation sites (N-methyl/N-ethyl adjacent to an activating group) is 1. The van der Waals surface area contributed by atoms with E-state index in [1.807, 2.05) is 0 Å². The number of aromatic nitrogens is 8. The molecule has 2 aromatic carbocycles. The van der Waals surface area contributed by atoms with Crippen LogP contribution >= 0.6 is 15.9 Å². The molecule has 2 aliphatic carbocycles. The summed E-state index contributed by atoms with van der Waals surface area (Å²) >= 11 is 3.22. The summed E-state index contributed by atoms with van der Waals surface area (Å²) in [5.74, 6) is -1.92. The van der Waals surface area contributed by atoms with E-state index in [4.69, 9.17) is 11.5 Å². The molecule has 352 valence electrons. The first-order chi connectivity index (χ1) is 31.7. The van der Waals surface area contributed by atoms with Gasteiger partial charge in [0.25, 0.3) is 11.8 Å². The number of fused-ring (bicyclic) bond motifs is 6. The first kappa shape index (κ1) is 46.5. The number of carbonyl (C=O) groups is 2. The second kappa shape index (κ2) is 18.3. The number of benzene rings is 2. The largest absolute Gasteiger partial charge is 0.573 e. The number of rotatable bonds is 10. The molecule has 0 radical (unpaired) electrons. The Morgan fingerprint density at radius 1 is 0.701 bits per heavy atom. The summed E-state index contributed by atoms with van der Waals surface area (Å²) in [6, 6.07) is 8.56. The molecule has 2 amide bonds. The molecule has 1 saturated heterocycles. The van der Waals surface area contributed by atoms with Crippen molar-refractivity contribution in [3.8, 4) is 34.3 Å². The summed E-state index contributed by atoms with van der Waals surface area (Å²) < 4.78 is 89.6. The number of carbonyl (C=O) groups excluding carboxylic acids is 2. The van der Waals surface area contributed by atoms with Crippen LogP contribution < -0.4 is 36.5 Å². The molecule has 3 aliphatic rings. The Balaban J connectivity index is 0.000000186. The van der Waals surface area contributed by atoms with Crippen LogP contribution in [-0.2, 0) is 39.8 Å². The Kier molecular flexibility index (Phi) is 12.7. The van der Waals surface area contributed by atoms with E-state index in [-0.39, 0.29) is 40.4 Å². The van der Waals surface area contributed by atoms with Gasteiger partial charge in [-0.05, 0) is 79.8 Å². The number of alkyl halides is 6. The lowest BCUT2D eigenvalue weighted by Gasteiger charge is -2.35. The van der Waals surface area contributed by atoms with E-state index in [0.29, 0.717) is 64.1 Å². The number of nitrogens with one attached hydrogen (secondary N) is 2. The van der Waals surface area contributed by atoms with Crippen LogP contribution in [0.4, 0.5) is 55.3 Å². The number of piperazine rings is 1. The molecular weight excluding hydrogens is 958 g/mol. The third-order valence-electron chi connectivity index (χ3n) is 11.3. The zero-order valence-corrected chi connectivity index (χ0v) is 37.5. The van der Waals surface area contributed by atoms with E-state index in [2.05, 4.69) is 82.9 Å². The maximum absolute atomic E-state index is 13.2. The van der Waals surface area contributed by atoms with Gasteiger partial charge in [-0.15, -0.1) is 26.3 Å². The SMILES string of the molecule is CCN1CCN(c2ccc(OC(F)(F)F)c(Nc3ncc4c(n3)-c3c(c(C(N)=O)nn3C)CC4)c2)CC1.Cn1nc(C(N)=O)c2c1-c1nc(Nc3cc(Br)ccc3OC(F)(F)F)ncc1CC2. The number of nitrogens with two attached hydrogens (primary N) is 2. The van der Waals surface area contributed by atoms with Gasteiger partial charge in [0, 0.05) is 74.0 Å². The van der Waals surface area contributed by atoms with Gasteiger partial charge >= 0.3 is 12.7 Å². The molecule has 1 aliphatic heterocycles. The minimum Gasteiger partial charge on any atom is -0.404 e. The van der Waals surface area contributed by atoms with Gasteiger partial charge in [0.1, 0.15) is 0 Å². The molecule has 0 bridgehead atoms. The first-order valence-corrected chi connectivity index (χ1v) is 21.4. The Hall–Kier alpha value is -7.02. The predicted octanol–water partition coefficient (Wildman–Crippen LogP) is 6.34. The molecule has 6 N–H and O–H groups in total. The van der Waals surface area contributed by atoms with Crippen LogP contribution in [0.25, 0.3) is 22.8 Å². The molecule has 0 spiro atoms. The molecular formula is C42H41BrF6N14O4. The molecule has 0 unspecified atom stereocenters. The van der Waals surface area contributed by atoms with Gasteiger partial charge in [0.05, 0.1) is 34.2 Å². The minimum atomic E-state index is -4.86. The first-order valence-electron chi connectivity index (χ1n) is 20.7. The maximum atomic E-state index is 13.2. The number of aryl methyl sites for hydroxylation is 4. The third kappa shape index (κ3) is 10.2. The van der Waals surface area contributed by atoms with Crippen LogP contribution in [-0.4, -0.2) is 102 Å².